The molecule has 0 aromatic rings. The largest absolute Gasteiger partial charge is 0.481 e. The van der Waals surface area contributed by atoms with Crippen LogP contribution >= 0.6 is 0 Å². The van der Waals surface area contributed by atoms with Crippen LogP contribution in [0.15, 0.2) is 0 Å². The molecule has 0 aliphatic carbocycles. The maximum atomic E-state index is 12.8. The summed E-state index contributed by atoms with van der Waals surface area (Å²) in [5.74, 6) is -5.67. The lowest BCUT2D eigenvalue weighted by Gasteiger charge is -2.25. The van der Waals surface area contributed by atoms with Gasteiger partial charge in [-0.3, -0.25) is 24.0 Å². The first-order valence-electron chi connectivity index (χ1n) is 10.5. The van der Waals surface area contributed by atoms with E-state index in [4.69, 9.17) is 22.3 Å². The van der Waals surface area contributed by atoms with Gasteiger partial charge in [-0.1, -0.05) is 0 Å². The Morgan fingerprint density at radius 3 is 1.70 bits per heavy atom. The summed E-state index contributed by atoms with van der Waals surface area (Å²) < 4.78 is 0. The minimum absolute atomic E-state index is 0.101. The van der Waals surface area contributed by atoms with Crippen LogP contribution in [0.5, 0.6) is 0 Å². The highest BCUT2D eigenvalue weighted by Gasteiger charge is 2.30. The Bertz CT molecular complexity index is 714. The number of amides is 4. The summed E-state index contributed by atoms with van der Waals surface area (Å²) in [4.78, 5) is 70.7. The van der Waals surface area contributed by atoms with Gasteiger partial charge in [0.25, 0.3) is 0 Å². The maximum absolute atomic E-state index is 12.8. The quantitative estimate of drug-likeness (QED) is 0.0999. The van der Waals surface area contributed by atoms with E-state index in [0.717, 1.165) is 0 Å². The molecular formula is C19H34N6O8. The molecule has 0 fully saturated rings. The van der Waals surface area contributed by atoms with Crippen molar-refractivity contribution < 1.29 is 39.0 Å². The molecule has 0 rings (SSSR count). The number of unbranched alkanes of at least 4 members (excludes halogenated alkanes) is 1. The molecule has 0 radical (unpaired) electrons. The fraction of sp³-hybridized carbons (Fsp3) is 0.684. The van der Waals surface area contributed by atoms with Crippen molar-refractivity contribution in [2.24, 2.45) is 17.2 Å². The predicted molar refractivity (Wildman–Crippen MR) is 115 cm³/mol. The van der Waals surface area contributed by atoms with Gasteiger partial charge in [-0.15, -0.1) is 0 Å². The number of carboxylic acid groups (broad SMARTS) is 2. The van der Waals surface area contributed by atoms with Gasteiger partial charge in [-0.05, 0) is 45.6 Å². The zero-order valence-electron chi connectivity index (χ0n) is 18.5. The molecule has 4 atom stereocenters. The van der Waals surface area contributed by atoms with Crippen LogP contribution in [0.2, 0.25) is 0 Å². The highest BCUT2D eigenvalue weighted by Crippen LogP contribution is 2.06. The van der Waals surface area contributed by atoms with E-state index in [-0.39, 0.29) is 25.7 Å². The number of rotatable bonds is 17. The van der Waals surface area contributed by atoms with Crippen LogP contribution in [0.3, 0.4) is 0 Å². The molecule has 0 bridgehead atoms. The van der Waals surface area contributed by atoms with Gasteiger partial charge in [-0.25, -0.2) is 4.79 Å². The monoisotopic (exact) mass is 474 g/mol. The number of carbonyl (C=O) groups excluding carboxylic acids is 4. The molecule has 188 valence electrons. The Hall–Kier alpha value is -3.26. The Morgan fingerprint density at radius 2 is 1.24 bits per heavy atom. The molecular weight excluding hydrogens is 440 g/mol. The Kier molecular flexibility index (Phi) is 14.0. The molecule has 0 aliphatic heterocycles. The Morgan fingerprint density at radius 1 is 0.758 bits per heavy atom. The number of primary amides is 1. The van der Waals surface area contributed by atoms with E-state index in [1.807, 2.05) is 0 Å². The van der Waals surface area contributed by atoms with Gasteiger partial charge in [0, 0.05) is 12.8 Å². The Balaban J connectivity index is 5.48. The molecule has 4 amide bonds. The zero-order valence-corrected chi connectivity index (χ0v) is 18.5. The zero-order chi connectivity index (χ0) is 25.6. The fourth-order valence-electron chi connectivity index (χ4n) is 2.69. The van der Waals surface area contributed by atoms with Crippen LogP contribution in [0, 0.1) is 0 Å². The first kappa shape index (κ1) is 29.7. The Labute approximate surface area is 191 Å². The van der Waals surface area contributed by atoms with Crippen LogP contribution < -0.4 is 33.2 Å². The summed E-state index contributed by atoms with van der Waals surface area (Å²) in [5, 5.41) is 25.1. The number of nitrogens with one attached hydrogen (secondary N) is 3. The van der Waals surface area contributed by atoms with Crippen LogP contribution in [-0.2, 0) is 28.8 Å². The molecule has 0 spiro atoms. The van der Waals surface area contributed by atoms with E-state index in [1.54, 1.807) is 0 Å². The van der Waals surface area contributed by atoms with Crippen molar-refractivity contribution in [1.29, 1.82) is 0 Å². The van der Waals surface area contributed by atoms with Crippen LogP contribution in [0.25, 0.3) is 0 Å². The summed E-state index contributed by atoms with van der Waals surface area (Å²) in [6, 6.07) is -4.84. The van der Waals surface area contributed by atoms with E-state index in [0.29, 0.717) is 19.4 Å². The van der Waals surface area contributed by atoms with Crippen molar-refractivity contribution in [3.05, 3.63) is 0 Å². The van der Waals surface area contributed by atoms with Crippen molar-refractivity contribution in [2.45, 2.75) is 76.0 Å². The summed E-state index contributed by atoms with van der Waals surface area (Å²) in [5.41, 5.74) is 16.1. The van der Waals surface area contributed by atoms with Gasteiger partial charge in [0.05, 0.1) is 6.04 Å². The summed E-state index contributed by atoms with van der Waals surface area (Å²) in [7, 11) is 0. The van der Waals surface area contributed by atoms with Gasteiger partial charge in [0.15, 0.2) is 0 Å². The average Bonchev–Trinajstić information content (AvgIpc) is 2.72. The summed E-state index contributed by atoms with van der Waals surface area (Å²) >= 11 is 0. The van der Waals surface area contributed by atoms with Crippen molar-refractivity contribution in [2.75, 3.05) is 6.54 Å². The number of hydrogen-bond acceptors (Lipinski definition) is 8. The molecule has 0 aromatic carbocycles. The van der Waals surface area contributed by atoms with Gasteiger partial charge in [0.2, 0.25) is 23.6 Å². The summed E-state index contributed by atoms with van der Waals surface area (Å²) in [6.07, 6.45) is -0.173. The highest BCUT2D eigenvalue weighted by molar-refractivity contribution is 5.94. The second-order valence-corrected chi connectivity index (χ2v) is 7.53. The number of aliphatic carboxylic acids is 2. The molecule has 0 aliphatic rings. The number of hydrogen-bond donors (Lipinski definition) is 8. The molecule has 0 aromatic heterocycles. The minimum atomic E-state index is -1.48. The van der Waals surface area contributed by atoms with Crippen molar-refractivity contribution in [3.8, 4) is 0 Å². The van der Waals surface area contributed by atoms with E-state index >= 15 is 0 Å². The van der Waals surface area contributed by atoms with Crippen molar-refractivity contribution in [1.82, 2.24) is 16.0 Å². The fourth-order valence-corrected chi connectivity index (χ4v) is 2.69. The maximum Gasteiger partial charge on any atom is 0.326 e. The molecule has 14 nitrogen and oxygen atoms in total. The lowest BCUT2D eigenvalue weighted by Crippen LogP contribution is -2.57. The number of carboxylic acids is 2. The second-order valence-electron chi connectivity index (χ2n) is 7.53. The third kappa shape index (κ3) is 13.0. The van der Waals surface area contributed by atoms with E-state index < -0.39 is 66.2 Å². The van der Waals surface area contributed by atoms with Gasteiger partial charge >= 0.3 is 11.9 Å². The minimum Gasteiger partial charge on any atom is -0.481 e. The molecule has 11 N–H and O–H groups in total. The normalized spacial score (nSPS) is 14.3. The second kappa shape index (κ2) is 15.5. The SMILES string of the molecule is CC(N)C(=O)NC(CCC(N)=O)C(=O)NC(CCCCN)C(=O)NC(CCC(=O)O)C(=O)O. The average molecular weight is 475 g/mol. The lowest BCUT2D eigenvalue weighted by atomic mass is 10.0. The first-order valence-corrected chi connectivity index (χ1v) is 10.5. The van der Waals surface area contributed by atoms with Crippen LogP contribution in [0.4, 0.5) is 0 Å². The molecule has 33 heavy (non-hydrogen) atoms. The molecule has 14 heteroatoms. The number of nitrogens with two attached hydrogens (primary N) is 3. The predicted octanol–water partition coefficient (Wildman–Crippen LogP) is -2.87. The van der Waals surface area contributed by atoms with Crippen molar-refractivity contribution >= 4 is 35.6 Å². The standard InChI is InChI=1S/C19H34N6O8/c1-10(21)16(29)23-12(5-7-14(22)26)18(31)24-11(4-2-3-9-20)17(30)25-13(19(32)33)6-8-15(27)28/h10-13H,2-9,20-21H2,1H3,(H2,22,26)(H,23,29)(H,24,31)(H,25,30)(H,27,28)(H,32,33). The van der Waals surface area contributed by atoms with Gasteiger partial charge in [-0.2, -0.15) is 0 Å². The lowest BCUT2D eigenvalue weighted by molar-refractivity contribution is -0.143. The van der Waals surface area contributed by atoms with E-state index in [2.05, 4.69) is 16.0 Å². The highest BCUT2D eigenvalue weighted by atomic mass is 16.4. The molecule has 0 heterocycles. The number of carbonyl (C=O) groups is 6. The topological polar surface area (TPSA) is 257 Å². The van der Waals surface area contributed by atoms with E-state index in [9.17, 15) is 33.9 Å². The van der Waals surface area contributed by atoms with Crippen LogP contribution in [0.1, 0.15) is 51.9 Å². The van der Waals surface area contributed by atoms with Crippen molar-refractivity contribution in [3.63, 3.8) is 0 Å². The molecule has 0 saturated carbocycles. The third-order valence-electron chi connectivity index (χ3n) is 4.57. The summed E-state index contributed by atoms with van der Waals surface area (Å²) in [6.45, 7) is 1.72. The van der Waals surface area contributed by atoms with Gasteiger partial charge < -0.3 is 43.4 Å². The molecule has 0 saturated heterocycles. The molecule has 4 unspecified atom stereocenters. The van der Waals surface area contributed by atoms with Crippen LogP contribution in [-0.4, -0.2) is 76.5 Å². The van der Waals surface area contributed by atoms with Gasteiger partial charge in [0.1, 0.15) is 18.1 Å². The third-order valence-corrected chi connectivity index (χ3v) is 4.57. The smallest absolute Gasteiger partial charge is 0.326 e. The first-order chi connectivity index (χ1) is 15.4. The van der Waals surface area contributed by atoms with E-state index in [1.165, 1.54) is 6.92 Å².